The quantitative estimate of drug-likeness (QED) is 0.162. The Balaban J connectivity index is 1.45. The van der Waals surface area contributed by atoms with Gasteiger partial charge in [0.2, 0.25) is 0 Å². The van der Waals surface area contributed by atoms with Crippen molar-refractivity contribution < 1.29 is 47.0 Å². The molecule has 0 radical (unpaired) electrons. The Hall–Kier alpha value is -4.91. The number of Topliss-reactive ketones (excluding diaryl/α,β-unsaturated/α-hetero) is 1. The zero-order chi connectivity index (χ0) is 32.1. The number of aromatic nitrogens is 4. The summed E-state index contributed by atoms with van der Waals surface area (Å²) in [6.07, 6.45) is -2.65. The van der Waals surface area contributed by atoms with E-state index in [1.807, 2.05) is 18.2 Å². The van der Waals surface area contributed by atoms with Gasteiger partial charge < -0.3 is 23.7 Å². The minimum absolute atomic E-state index is 0.115. The van der Waals surface area contributed by atoms with Gasteiger partial charge in [0, 0.05) is 30.4 Å². The van der Waals surface area contributed by atoms with Gasteiger partial charge in [-0.05, 0) is 29.0 Å². The zero-order valence-electron chi connectivity index (χ0n) is 25.4. The fourth-order valence-corrected chi connectivity index (χ4v) is 4.81. The molecule has 0 N–H and O–H groups in total. The third-order valence-corrected chi connectivity index (χ3v) is 6.64. The van der Waals surface area contributed by atoms with Crippen LogP contribution in [0.25, 0.3) is 21.9 Å². The van der Waals surface area contributed by atoms with Gasteiger partial charge in [0.15, 0.2) is 29.9 Å². The van der Waals surface area contributed by atoms with Gasteiger partial charge in [-0.25, -0.2) is 15.0 Å². The molecule has 1 aliphatic heterocycles. The molecule has 0 saturated carbocycles. The SMILES string of the molecule is [2H]CC(=O)OC[C@H]1OC(n2cnc3c(CC(=O)c4ccc5cc(OC)ccc5c4)ncnc32)[C@H](OC(=O)C[2H])[C@@H]1OC(=O)C[2H]. The summed E-state index contributed by atoms with van der Waals surface area (Å²) in [6.45, 7) is -2.62. The highest BCUT2D eigenvalue weighted by Gasteiger charge is 2.51. The Morgan fingerprint density at radius 3 is 2.43 bits per heavy atom. The molecule has 1 aliphatic rings. The van der Waals surface area contributed by atoms with Gasteiger partial charge in [-0.2, -0.15) is 0 Å². The van der Waals surface area contributed by atoms with Crippen LogP contribution in [-0.2, 0) is 39.8 Å². The van der Waals surface area contributed by atoms with Crippen molar-refractivity contribution in [2.75, 3.05) is 13.7 Å². The fourth-order valence-electron chi connectivity index (χ4n) is 4.81. The molecule has 1 unspecified atom stereocenters. The summed E-state index contributed by atoms with van der Waals surface area (Å²) in [5.74, 6) is -2.30. The number of imidazole rings is 1. The molecule has 3 heterocycles. The molecule has 4 atom stereocenters. The molecule has 0 spiro atoms. The average molecular weight is 580 g/mol. The molecule has 42 heavy (non-hydrogen) atoms. The maximum absolute atomic E-state index is 13.3. The molecule has 1 fully saturated rings. The van der Waals surface area contributed by atoms with Crippen molar-refractivity contribution in [1.29, 1.82) is 0 Å². The molecule has 13 nitrogen and oxygen atoms in total. The van der Waals surface area contributed by atoms with Crippen molar-refractivity contribution in [2.24, 2.45) is 0 Å². The maximum Gasteiger partial charge on any atom is 0.303 e. The lowest BCUT2D eigenvalue weighted by molar-refractivity contribution is -0.166. The van der Waals surface area contributed by atoms with Crippen LogP contribution in [0.5, 0.6) is 5.75 Å². The Morgan fingerprint density at radius 1 is 0.929 bits per heavy atom. The monoisotopic (exact) mass is 579 g/mol. The summed E-state index contributed by atoms with van der Waals surface area (Å²) in [4.78, 5) is 62.3. The number of esters is 3. The van der Waals surface area contributed by atoms with Crippen molar-refractivity contribution in [3.05, 3.63) is 60.3 Å². The summed E-state index contributed by atoms with van der Waals surface area (Å²) in [5.41, 5.74) is 1.23. The fraction of sp³-hybridized carbons (Fsp3) is 0.345. The van der Waals surface area contributed by atoms with E-state index < -0.39 is 69.8 Å². The van der Waals surface area contributed by atoms with Gasteiger partial charge in [-0.15, -0.1) is 0 Å². The van der Waals surface area contributed by atoms with Crippen LogP contribution in [-0.4, -0.2) is 75.2 Å². The van der Waals surface area contributed by atoms with E-state index in [1.54, 1.807) is 25.3 Å². The summed E-state index contributed by atoms with van der Waals surface area (Å²) in [5, 5.41) is 1.76. The van der Waals surface area contributed by atoms with E-state index in [1.165, 1.54) is 17.2 Å². The summed E-state index contributed by atoms with van der Waals surface area (Å²) < 4.78 is 50.5. The summed E-state index contributed by atoms with van der Waals surface area (Å²) in [6, 6.07) is 10.8. The number of hydrogen-bond acceptors (Lipinski definition) is 12. The molecular weight excluding hydrogens is 548 g/mol. The Morgan fingerprint density at radius 2 is 1.67 bits per heavy atom. The number of carbonyl (C=O) groups is 4. The molecule has 2 aromatic carbocycles. The number of fused-ring (bicyclic) bond motifs is 2. The number of hydrogen-bond donors (Lipinski definition) is 0. The van der Waals surface area contributed by atoms with Gasteiger partial charge in [0.1, 0.15) is 30.3 Å². The molecule has 13 heteroatoms. The summed E-state index contributed by atoms with van der Waals surface area (Å²) >= 11 is 0. The molecule has 5 rings (SSSR count). The van der Waals surface area contributed by atoms with E-state index in [0.717, 1.165) is 10.8 Å². The second kappa shape index (κ2) is 11.9. The third kappa shape index (κ3) is 5.91. The van der Waals surface area contributed by atoms with Gasteiger partial charge in [-0.1, -0.05) is 18.2 Å². The molecular formula is C29H28N4O9. The normalized spacial score (nSPS) is 20.8. The van der Waals surface area contributed by atoms with Crippen molar-refractivity contribution in [3.8, 4) is 5.75 Å². The van der Waals surface area contributed by atoms with E-state index in [0.29, 0.717) is 17.0 Å². The molecule has 4 aromatic rings. The van der Waals surface area contributed by atoms with Crippen LogP contribution in [0.1, 0.15) is 47.1 Å². The second-order valence-electron chi connectivity index (χ2n) is 9.33. The van der Waals surface area contributed by atoms with Gasteiger partial charge >= 0.3 is 17.9 Å². The first-order valence-electron chi connectivity index (χ1n) is 14.7. The second-order valence-corrected chi connectivity index (χ2v) is 9.33. The molecule has 2 aromatic heterocycles. The average Bonchev–Trinajstić information content (AvgIpc) is 3.64. The first-order valence-corrected chi connectivity index (χ1v) is 12.6. The predicted molar refractivity (Wildman–Crippen MR) is 146 cm³/mol. The Bertz CT molecular complexity index is 1750. The zero-order valence-corrected chi connectivity index (χ0v) is 22.4. The highest BCUT2D eigenvalue weighted by Crippen LogP contribution is 2.36. The van der Waals surface area contributed by atoms with Gasteiger partial charge in [0.05, 0.1) is 25.6 Å². The first kappa shape index (κ1) is 24.9. The van der Waals surface area contributed by atoms with E-state index in [4.69, 9.17) is 27.8 Å². The molecule has 1 saturated heterocycles. The molecule has 0 amide bonds. The topological polar surface area (TPSA) is 158 Å². The molecule has 218 valence electrons. The lowest BCUT2D eigenvalue weighted by atomic mass is 10.0. The highest BCUT2D eigenvalue weighted by molar-refractivity contribution is 6.02. The van der Waals surface area contributed by atoms with Gasteiger partial charge in [-0.3, -0.25) is 23.7 Å². The van der Waals surface area contributed by atoms with E-state index >= 15 is 0 Å². The van der Waals surface area contributed by atoms with Crippen LogP contribution < -0.4 is 4.74 Å². The lowest BCUT2D eigenvalue weighted by Crippen LogP contribution is -2.40. The van der Waals surface area contributed by atoms with Crippen molar-refractivity contribution in [1.82, 2.24) is 19.5 Å². The van der Waals surface area contributed by atoms with Crippen LogP contribution in [0.2, 0.25) is 0 Å². The highest BCUT2D eigenvalue weighted by atomic mass is 16.7. The van der Waals surface area contributed by atoms with Crippen LogP contribution in [0, 0.1) is 0 Å². The largest absolute Gasteiger partial charge is 0.497 e. The number of ketones is 1. The van der Waals surface area contributed by atoms with Crippen LogP contribution in [0.15, 0.2) is 49.1 Å². The third-order valence-electron chi connectivity index (χ3n) is 6.64. The number of ether oxygens (including phenoxy) is 5. The summed E-state index contributed by atoms with van der Waals surface area (Å²) in [7, 11) is 1.58. The number of methoxy groups -OCH3 is 1. The van der Waals surface area contributed by atoms with E-state index in [2.05, 4.69) is 15.0 Å². The number of nitrogens with zero attached hydrogens (tertiary/aromatic N) is 4. The molecule has 0 aliphatic carbocycles. The van der Waals surface area contributed by atoms with Gasteiger partial charge in [0.25, 0.3) is 0 Å². The Labute approximate surface area is 243 Å². The smallest absolute Gasteiger partial charge is 0.303 e. The number of rotatable bonds is 9. The lowest BCUT2D eigenvalue weighted by Gasteiger charge is -2.23. The minimum Gasteiger partial charge on any atom is -0.497 e. The van der Waals surface area contributed by atoms with Crippen molar-refractivity contribution in [2.45, 2.75) is 51.7 Å². The van der Waals surface area contributed by atoms with E-state index in [9.17, 15) is 19.2 Å². The molecule has 0 bridgehead atoms. The Kier molecular flexibility index (Phi) is 7.05. The van der Waals surface area contributed by atoms with Crippen molar-refractivity contribution >= 4 is 45.6 Å². The first-order chi connectivity index (χ1) is 21.8. The van der Waals surface area contributed by atoms with Crippen LogP contribution in [0.4, 0.5) is 0 Å². The number of carbonyl (C=O) groups excluding carboxylic acids is 4. The number of benzene rings is 2. The minimum atomic E-state index is -1.35. The van der Waals surface area contributed by atoms with Crippen molar-refractivity contribution in [3.63, 3.8) is 0 Å². The van der Waals surface area contributed by atoms with Crippen LogP contribution >= 0.6 is 0 Å². The predicted octanol–water partition coefficient (Wildman–Crippen LogP) is 2.74. The van der Waals surface area contributed by atoms with Crippen LogP contribution in [0.3, 0.4) is 0 Å². The van der Waals surface area contributed by atoms with E-state index in [-0.39, 0.29) is 23.4 Å². The maximum atomic E-state index is 13.3. The standard InChI is InChI=1S/C29H28N4O9/c1-15(34)39-12-24-26(40-16(2)35)27(41-17(3)36)29(42-24)33-14-32-25-22(30-13-31-28(25)33)11-23(37)20-6-5-19-10-21(38-4)8-7-18(19)9-20/h5-10,13-14,24,26-27,29H,11-12H2,1-4H3/t24-,26-,27-,29?/m1/s1/i1D,2D,3D.